The summed E-state index contributed by atoms with van der Waals surface area (Å²) in [6.07, 6.45) is 0. The second-order valence-electron chi connectivity index (χ2n) is 19.6. The Hall–Kier alpha value is -4.87. The summed E-state index contributed by atoms with van der Waals surface area (Å²) in [6, 6.07) is 44.8. The molecule has 7 aromatic carbocycles. The molecule has 8 aromatic rings. The van der Waals surface area contributed by atoms with Crippen LogP contribution < -0.4 is 4.90 Å². The third-order valence-corrected chi connectivity index (χ3v) is 13.5. The lowest BCUT2D eigenvalue weighted by atomic mass is 9.81. The summed E-state index contributed by atoms with van der Waals surface area (Å²) >= 11 is 2.62. The van der Waals surface area contributed by atoms with Gasteiger partial charge in [0.05, 0.1) is 22.4 Å². The highest BCUT2D eigenvalue weighted by Crippen LogP contribution is 2.56. The number of aromatic nitrogens is 1. The number of hydrogen-bond acceptors (Lipinski definition) is 1. The van der Waals surface area contributed by atoms with Gasteiger partial charge in [-0.2, -0.15) is 0 Å². The number of rotatable bonds is 4. The zero-order valence-electron chi connectivity index (χ0n) is 36.2. The molecule has 2 nitrogen and oxygen atoms in total. The fraction of sp³-hybridized carbons (Fsp3) is 0.273. The molecule has 0 bridgehead atoms. The van der Waals surface area contributed by atoms with E-state index < -0.39 is 0 Å². The Labute approximate surface area is 359 Å². The predicted octanol–water partition coefficient (Wildman–Crippen LogP) is 16.1. The topological polar surface area (TPSA) is 8.17 Å². The van der Waals surface area contributed by atoms with E-state index in [0.29, 0.717) is 0 Å². The average Bonchev–Trinajstić information content (AvgIpc) is 3.58. The maximum absolute atomic E-state index is 2.62. The van der Waals surface area contributed by atoms with E-state index in [-0.39, 0.29) is 16.2 Å². The van der Waals surface area contributed by atoms with E-state index in [1.807, 2.05) is 0 Å². The smallest absolute Gasteiger partial charge is 0.0565 e. The molecule has 0 amide bonds. The molecule has 9 rings (SSSR count). The molecular weight excluding hydrogens is 816 g/mol. The normalized spacial score (nSPS) is 13.7. The van der Waals surface area contributed by atoms with E-state index in [4.69, 9.17) is 0 Å². The molecule has 0 atom stereocenters. The van der Waals surface area contributed by atoms with Crippen LogP contribution in [0.15, 0.2) is 115 Å². The van der Waals surface area contributed by atoms with Crippen molar-refractivity contribution in [3.63, 3.8) is 0 Å². The van der Waals surface area contributed by atoms with Crippen LogP contribution in [0.5, 0.6) is 0 Å². The van der Waals surface area contributed by atoms with Crippen LogP contribution in [0.2, 0.25) is 0 Å². The van der Waals surface area contributed by atoms with E-state index in [1.54, 1.807) is 0 Å². The number of halogens is 1. The molecule has 0 fully saturated rings. The Kier molecular flexibility index (Phi) is 8.88. The first-order valence-electron chi connectivity index (χ1n) is 20.8. The summed E-state index contributed by atoms with van der Waals surface area (Å²) in [5.41, 5.74) is 20.2. The highest BCUT2D eigenvalue weighted by molar-refractivity contribution is 14.1. The molecule has 1 aliphatic carbocycles. The number of benzene rings is 7. The lowest BCUT2D eigenvalue weighted by Gasteiger charge is -2.31. The Morgan fingerprint density at radius 2 is 1.03 bits per heavy atom. The Morgan fingerprint density at radius 1 is 0.534 bits per heavy atom. The van der Waals surface area contributed by atoms with Crippen molar-refractivity contribution in [2.75, 3.05) is 4.90 Å². The van der Waals surface area contributed by atoms with E-state index >= 15 is 0 Å². The Bertz CT molecular complexity index is 2830. The standard InChI is InChI=1S/C55H55IN2/c1-32-23-33(2)26-38(25-32)57(39-27-34(3)24-35(4)28-39)48-22-19-45(56)51-50-40-15-13-14-16-43(40)55(11,12)44(50)31-49(52(48)51)58-46-20-17-36(53(5,6)7)29-41(46)42-30-37(54(8,9)10)18-21-47(42)58/h13-31H,1-12H3. The second-order valence-corrected chi connectivity index (χ2v) is 20.8. The van der Waals surface area contributed by atoms with Crippen LogP contribution in [0.4, 0.5) is 17.1 Å². The average molecular weight is 871 g/mol. The van der Waals surface area contributed by atoms with E-state index in [1.165, 1.54) is 115 Å². The van der Waals surface area contributed by atoms with Gasteiger partial charge in [0.25, 0.3) is 0 Å². The summed E-state index contributed by atoms with van der Waals surface area (Å²) in [5.74, 6) is 0. The van der Waals surface area contributed by atoms with Gasteiger partial charge in [-0.05, 0) is 183 Å². The van der Waals surface area contributed by atoms with E-state index in [9.17, 15) is 0 Å². The first kappa shape index (κ1) is 38.6. The third kappa shape index (κ3) is 6.10. The number of anilines is 3. The van der Waals surface area contributed by atoms with Crippen molar-refractivity contribution in [2.45, 2.75) is 99.3 Å². The summed E-state index contributed by atoms with van der Waals surface area (Å²) in [4.78, 5) is 2.53. The highest BCUT2D eigenvalue weighted by atomic mass is 127. The number of nitrogens with zero attached hydrogens (tertiary/aromatic N) is 2. The van der Waals surface area contributed by atoms with Crippen LogP contribution in [0.3, 0.4) is 0 Å². The van der Waals surface area contributed by atoms with Gasteiger partial charge in [-0.1, -0.05) is 104 Å². The predicted molar refractivity (Wildman–Crippen MR) is 260 cm³/mol. The quantitative estimate of drug-likeness (QED) is 0.160. The first-order valence-corrected chi connectivity index (χ1v) is 21.9. The monoisotopic (exact) mass is 870 g/mol. The van der Waals surface area contributed by atoms with E-state index in [2.05, 4.69) is 230 Å². The minimum absolute atomic E-state index is 0.0159. The van der Waals surface area contributed by atoms with Gasteiger partial charge in [-0.25, -0.2) is 0 Å². The van der Waals surface area contributed by atoms with Crippen LogP contribution in [0.1, 0.15) is 99.9 Å². The first-order chi connectivity index (χ1) is 27.3. The van der Waals surface area contributed by atoms with Crippen molar-refractivity contribution in [1.29, 1.82) is 0 Å². The largest absolute Gasteiger partial charge is 0.310 e. The molecule has 3 heteroatoms. The van der Waals surface area contributed by atoms with Crippen molar-refractivity contribution in [3.8, 4) is 16.8 Å². The Morgan fingerprint density at radius 3 is 1.53 bits per heavy atom. The molecule has 0 spiro atoms. The van der Waals surface area contributed by atoms with Gasteiger partial charge < -0.3 is 9.47 Å². The van der Waals surface area contributed by atoms with Crippen LogP contribution in [0, 0.1) is 31.3 Å². The highest BCUT2D eigenvalue weighted by Gasteiger charge is 2.39. The van der Waals surface area contributed by atoms with Gasteiger partial charge in [0.2, 0.25) is 0 Å². The van der Waals surface area contributed by atoms with Crippen molar-refractivity contribution >= 4 is 72.2 Å². The number of hydrogen-bond donors (Lipinski definition) is 0. The van der Waals surface area contributed by atoms with Gasteiger partial charge in [-0.15, -0.1) is 0 Å². The molecule has 292 valence electrons. The summed E-state index contributed by atoms with van der Waals surface area (Å²) in [6.45, 7) is 27.6. The molecule has 0 aliphatic heterocycles. The van der Waals surface area contributed by atoms with Gasteiger partial charge in [0.1, 0.15) is 0 Å². The summed E-state index contributed by atoms with van der Waals surface area (Å²) < 4.78 is 3.86. The Balaban J connectivity index is 1.52. The summed E-state index contributed by atoms with van der Waals surface area (Å²) in [7, 11) is 0. The molecule has 1 aromatic heterocycles. The fourth-order valence-electron chi connectivity index (χ4n) is 9.81. The lowest BCUT2D eigenvalue weighted by Crippen LogP contribution is -2.16. The lowest BCUT2D eigenvalue weighted by molar-refractivity contribution is 0.590. The molecule has 1 aliphatic rings. The van der Waals surface area contributed by atoms with Crippen LogP contribution in [0.25, 0.3) is 49.4 Å². The molecule has 58 heavy (non-hydrogen) atoms. The third-order valence-electron chi connectivity index (χ3n) is 12.6. The maximum Gasteiger partial charge on any atom is 0.0565 e. The van der Waals surface area contributed by atoms with Crippen molar-refractivity contribution in [2.24, 2.45) is 0 Å². The van der Waals surface area contributed by atoms with Crippen molar-refractivity contribution in [3.05, 3.63) is 163 Å². The zero-order valence-corrected chi connectivity index (χ0v) is 38.4. The van der Waals surface area contributed by atoms with Gasteiger partial charge in [0, 0.05) is 41.9 Å². The molecular formula is C55H55IN2. The summed E-state index contributed by atoms with van der Waals surface area (Å²) in [5, 5.41) is 5.18. The number of fused-ring (bicyclic) bond motifs is 8. The second kappa shape index (κ2) is 13.3. The van der Waals surface area contributed by atoms with Crippen molar-refractivity contribution < 1.29 is 0 Å². The zero-order chi connectivity index (χ0) is 41.2. The molecule has 0 unspecified atom stereocenters. The van der Waals surface area contributed by atoms with Crippen LogP contribution >= 0.6 is 22.6 Å². The minimum Gasteiger partial charge on any atom is -0.310 e. The van der Waals surface area contributed by atoms with E-state index in [0.717, 1.165) is 0 Å². The molecule has 0 radical (unpaired) electrons. The molecule has 0 saturated heterocycles. The molecule has 0 N–H and O–H groups in total. The van der Waals surface area contributed by atoms with Gasteiger partial charge in [0.15, 0.2) is 0 Å². The minimum atomic E-state index is -0.188. The fourth-order valence-corrected chi connectivity index (χ4v) is 10.5. The maximum atomic E-state index is 2.62. The van der Waals surface area contributed by atoms with Gasteiger partial charge in [-0.3, -0.25) is 0 Å². The van der Waals surface area contributed by atoms with Crippen LogP contribution in [-0.2, 0) is 16.2 Å². The van der Waals surface area contributed by atoms with Gasteiger partial charge >= 0.3 is 0 Å². The number of aryl methyl sites for hydroxylation is 4. The molecule has 1 heterocycles. The van der Waals surface area contributed by atoms with Crippen molar-refractivity contribution in [1.82, 2.24) is 4.57 Å². The SMILES string of the molecule is Cc1cc(C)cc(N(c2cc(C)cc(C)c2)c2ccc(I)c3c4c(cc(-n5c6ccc(C(C)(C)C)cc6c6cc(C(C)(C)C)ccc65)c23)C(C)(C)c2ccccc2-4)c1. The molecule has 0 saturated carbocycles. The van der Waals surface area contributed by atoms with Crippen LogP contribution in [-0.4, -0.2) is 4.57 Å².